The molecule has 0 radical (unpaired) electrons. The molecule has 0 rings (SSSR count). The number of allylic oxidation sites excluding steroid dienone is 2. The minimum atomic E-state index is 0.215. The van der Waals surface area contributed by atoms with Crippen molar-refractivity contribution in [3.8, 4) is 12.1 Å². The summed E-state index contributed by atoms with van der Waals surface area (Å²) in [4.78, 5) is 0. The second-order valence-electron chi connectivity index (χ2n) is 10.2. The lowest BCUT2D eigenvalue weighted by Crippen LogP contribution is -2.15. The predicted octanol–water partition coefficient (Wildman–Crippen LogP) is 9.87. The molecule has 0 bridgehead atoms. The maximum Gasteiger partial charge on any atom is 0.0655 e. The van der Waals surface area contributed by atoms with Crippen molar-refractivity contribution in [2.75, 3.05) is 0 Å². The van der Waals surface area contributed by atoms with Crippen LogP contribution in [0.5, 0.6) is 0 Å². The Labute approximate surface area is 201 Å². The zero-order valence-electron chi connectivity index (χ0n) is 22.6. The molecule has 0 aliphatic rings. The van der Waals surface area contributed by atoms with E-state index in [1.54, 1.807) is 5.57 Å². The molecule has 0 amide bonds. The van der Waals surface area contributed by atoms with Crippen molar-refractivity contribution >= 4 is 0 Å². The standard InChI is InChI=1S/C30H54N2/c1-8-24(15-16-25(9-2)18-29(13-6)22-31)17-26(10-3)19-27(11-4)20-28(12-5)21-30(14-7)23-32/h15,25-30H,8-14,16-21H2,1-7H3/b24-15+. The monoisotopic (exact) mass is 442 g/mol. The minimum Gasteiger partial charge on any atom is -0.198 e. The number of rotatable bonds is 19. The van der Waals surface area contributed by atoms with Gasteiger partial charge in [-0.15, -0.1) is 0 Å². The molecule has 0 N–H and O–H groups in total. The summed E-state index contributed by atoms with van der Waals surface area (Å²) in [6.07, 6.45) is 17.6. The summed E-state index contributed by atoms with van der Waals surface area (Å²) in [6.45, 7) is 15.9. The fraction of sp³-hybridized carbons (Fsp3) is 0.867. The van der Waals surface area contributed by atoms with Crippen LogP contribution in [0.25, 0.3) is 0 Å². The molecule has 0 fully saturated rings. The molecule has 0 aromatic heterocycles. The lowest BCUT2D eigenvalue weighted by Gasteiger charge is -2.27. The van der Waals surface area contributed by atoms with Crippen molar-refractivity contribution in [1.29, 1.82) is 10.5 Å². The Morgan fingerprint density at radius 2 is 1.03 bits per heavy atom. The summed E-state index contributed by atoms with van der Waals surface area (Å²) in [5.74, 6) is 3.33. The van der Waals surface area contributed by atoms with Crippen LogP contribution in [0.15, 0.2) is 11.6 Å². The zero-order valence-corrected chi connectivity index (χ0v) is 22.6. The normalized spacial score (nSPS) is 17.6. The van der Waals surface area contributed by atoms with Crippen LogP contribution in [0.3, 0.4) is 0 Å². The zero-order chi connectivity index (χ0) is 24.4. The fourth-order valence-electron chi connectivity index (χ4n) is 5.13. The van der Waals surface area contributed by atoms with Gasteiger partial charge in [-0.25, -0.2) is 0 Å². The van der Waals surface area contributed by atoms with Gasteiger partial charge in [0.05, 0.1) is 12.1 Å². The van der Waals surface area contributed by atoms with Gasteiger partial charge in [0.2, 0.25) is 0 Å². The molecule has 0 spiro atoms. The van der Waals surface area contributed by atoms with Crippen LogP contribution in [-0.4, -0.2) is 0 Å². The van der Waals surface area contributed by atoms with Gasteiger partial charge in [-0.2, -0.15) is 10.5 Å². The van der Waals surface area contributed by atoms with E-state index in [1.807, 2.05) is 0 Å². The lowest BCUT2D eigenvalue weighted by molar-refractivity contribution is 0.263. The highest BCUT2D eigenvalue weighted by Crippen LogP contribution is 2.33. The minimum absolute atomic E-state index is 0.215. The Kier molecular flexibility index (Phi) is 18.4. The van der Waals surface area contributed by atoms with Gasteiger partial charge < -0.3 is 0 Å². The van der Waals surface area contributed by atoms with Crippen molar-refractivity contribution in [1.82, 2.24) is 0 Å². The molecule has 0 saturated carbocycles. The summed E-state index contributed by atoms with van der Waals surface area (Å²) in [5.41, 5.74) is 1.62. The second kappa shape index (κ2) is 19.2. The van der Waals surface area contributed by atoms with Crippen LogP contribution in [0, 0.1) is 58.2 Å². The van der Waals surface area contributed by atoms with Gasteiger partial charge in [-0.3, -0.25) is 0 Å². The molecular formula is C30H54N2. The molecule has 2 heteroatoms. The van der Waals surface area contributed by atoms with E-state index < -0.39 is 0 Å². The molecule has 32 heavy (non-hydrogen) atoms. The smallest absolute Gasteiger partial charge is 0.0655 e. The number of nitrogens with zero attached hydrogens (tertiary/aromatic N) is 2. The first-order valence-electron chi connectivity index (χ1n) is 13.9. The van der Waals surface area contributed by atoms with Gasteiger partial charge in [0.25, 0.3) is 0 Å². The van der Waals surface area contributed by atoms with E-state index >= 15 is 0 Å². The van der Waals surface area contributed by atoms with Crippen molar-refractivity contribution in [3.05, 3.63) is 11.6 Å². The number of hydrogen-bond acceptors (Lipinski definition) is 2. The molecular weight excluding hydrogens is 388 g/mol. The number of hydrogen-bond donors (Lipinski definition) is 0. The quantitative estimate of drug-likeness (QED) is 0.187. The summed E-state index contributed by atoms with van der Waals surface area (Å²) in [7, 11) is 0. The molecule has 2 nitrogen and oxygen atoms in total. The van der Waals surface area contributed by atoms with Gasteiger partial charge in [0, 0.05) is 11.8 Å². The van der Waals surface area contributed by atoms with E-state index in [4.69, 9.17) is 0 Å². The summed E-state index contributed by atoms with van der Waals surface area (Å²) >= 11 is 0. The Morgan fingerprint density at radius 1 is 0.594 bits per heavy atom. The van der Waals surface area contributed by atoms with E-state index in [-0.39, 0.29) is 11.8 Å². The average Bonchev–Trinajstić information content (AvgIpc) is 2.84. The lowest BCUT2D eigenvalue weighted by atomic mass is 9.78. The summed E-state index contributed by atoms with van der Waals surface area (Å²) in [6, 6.07) is 5.00. The van der Waals surface area contributed by atoms with Gasteiger partial charge in [0.15, 0.2) is 0 Å². The predicted molar refractivity (Wildman–Crippen MR) is 140 cm³/mol. The van der Waals surface area contributed by atoms with Gasteiger partial charge in [-0.05, 0) is 81.5 Å². The highest BCUT2D eigenvalue weighted by molar-refractivity contribution is 5.03. The maximum absolute atomic E-state index is 9.38. The molecule has 0 heterocycles. The molecule has 0 aliphatic heterocycles. The van der Waals surface area contributed by atoms with Gasteiger partial charge in [-0.1, -0.05) is 85.8 Å². The van der Waals surface area contributed by atoms with Crippen molar-refractivity contribution in [2.24, 2.45) is 35.5 Å². The largest absolute Gasteiger partial charge is 0.198 e. The number of nitriles is 2. The summed E-state index contributed by atoms with van der Waals surface area (Å²) < 4.78 is 0. The Morgan fingerprint density at radius 3 is 1.44 bits per heavy atom. The first-order chi connectivity index (χ1) is 15.4. The third-order valence-corrected chi connectivity index (χ3v) is 7.97. The van der Waals surface area contributed by atoms with Crippen molar-refractivity contribution in [3.63, 3.8) is 0 Å². The van der Waals surface area contributed by atoms with Crippen LogP contribution in [-0.2, 0) is 0 Å². The second-order valence-corrected chi connectivity index (χ2v) is 10.2. The molecule has 0 aliphatic carbocycles. The highest BCUT2D eigenvalue weighted by Gasteiger charge is 2.21. The third-order valence-electron chi connectivity index (χ3n) is 7.97. The van der Waals surface area contributed by atoms with E-state index in [2.05, 4.69) is 66.7 Å². The molecule has 0 saturated heterocycles. The Hall–Kier alpha value is -1.28. The Bertz CT molecular complexity index is 564. The van der Waals surface area contributed by atoms with Crippen LogP contribution in [0.2, 0.25) is 0 Å². The average molecular weight is 443 g/mol. The van der Waals surface area contributed by atoms with E-state index in [9.17, 15) is 10.5 Å². The molecule has 0 aromatic carbocycles. The van der Waals surface area contributed by atoms with Crippen molar-refractivity contribution in [2.45, 2.75) is 132 Å². The highest BCUT2D eigenvalue weighted by atomic mass is 14.3. The van der Waals surface area contributed by atoms with Crippen LogP contribution >= 0.6 is 0 Å². The fourth-order valence-corrected chi connectivity index (χ4v) is 5.13. The van der Waals surface area contributed by atoms with E-state index in [1.165, 1.54) is 44.9 Å². The maximum atomic E-state index is 9.38. The SMILES string of the molecule is CC/C(=C\CC(CC)CC(C#N)CC)CC(CC)CC(CC)CC(CC)CC(C#N)CC. The first kappa shape index (κ1) is 30.7. The van der Waals surface area contributed by atoms with Gasteiger partial charge >= 0.3 is 0 Å². The molecule has 6 atom stereocenters. The molecule has 6 unspecified atom stereocenters. The third kappa shape index (κ3) is 12.7. The van der Waals surface area contributed by atoms with Gasteiger partial charge in [0.1, 0.15) is 0 Å². The first-order valence-corrected chi connectivity index (χ1v) is 13.9. The van der Waals surface area contributed by atoms with Crippen LogP contribution < -0.4 is 0 Å². The van der Waals surface area contributed by atoms with Crippen LogP contribution in [0.1, 0.15) is 132 Å². The van der Waals surface area contributed by atoms with E-state index in [0.29, 0.717) is 11.8 Å². The Balaban J connectivity index is 4.98. The summed E-state index contributed by atoms with van der Waals surface area (Å²) in [5, 5.41) is 18.7. The van der Waals surface area contributed by atoms with Crippen LogP contribution in [0.4, 0.5) is 0 Å². The topological polar surface area (TPSA) is 47.6 Å². The van der Waals surface area contributed by atoms with E-state index in [0.717, 1.165) is 50.4 Å². The van der Waals surface area contributed by atoms with Crippen molar-refractivity contribution < 1.29 is 0 Å². The molecule has 0 aromatic rings. The molecule has 184 valence electrons.